The number of benzene rings is 1. The van der Waals surface area contributed by atoms with Crippen LogP contribution in [0.3, 0.4) is 0 Å². The van der Waals surface area contributed by atoms with Crippen molar-refractivity contribution >= 4 is 17.9 Å². The Morgan fingerprint density at radius 2 is 1.59 bits per heavy atom. The van der Waals surface area contributed by atoms with Crippen LogP contribution in [0.25, 0.3) is 0 Å². The molecule has 9 nitrogen and oxygen atoms in total. The second-order valence-electron chi connectivity index (χ2n) is 6.87. The fraction of sp³-hybridized carbons (Fsp3) is 0.550. The molecule has 0 heterocycles. The van der Waals surface area contributed by atoms with E-state index in [1.54, 1.807) is 0 Å². The number of ether oxygens (including phenoxy) is 4. The van der Waals surface area contributed by atoms with E-state index < -0.39 is 24.5 Å². The summed E-state index contributed by atoms with van der Waals surface area (Å²) in [6.45, 7) is 1.47. The van der Waals surface area contributed by atoms with Gasteiger partial charge in [-0.2, -0.15) is 0 Å². The zero-order valence-corrected chi connectivity index (χ0v) is 17.2. The first-order chi connectivity index (χ1) is 13.9. The smallest absolute Gasteiger partial charge is 0.342 e. The van der Waals surface area contributed by atoms with Crippen molar-refractivity contribution in [2.24, 2.45) is 5.92 Å². The van der Waals surface area contributed by atoms with Crippen LogP contribution in [0.1, 0.15) is 43.0 Å². The predicted octanol–water partition coefficient (Wildman–Crippen LogP) is 2.27. The number of esters is 1. The molecule has 0 unspecified atom stereocenters. The summed E-state index contributed by atoms with van der Waals surface area (Å²) >= 11 is 0. The molecule has 0 aliphatic heterocycles. The van der Waals surface area contributed by atoms with Gasteiger partial charge in [-0.15, -0.1) is 0 Å². The molecule has 3 amide bonds. The third-order valence-corrected chi connectivity index (χ3v) is 4.94. The van der Waals surface area contributed by atoms with Gasteiger partial charge >= 0.3 is 12.0 Å². The number of rotatable bonds is 7. The maximum Gasteiger partial charge on any atom is 0.342 e. The molecule has 160 valence electrons. The Labute approximate surface area is 170 Å². The minimum atomic E-state index is -0.792. The van der Waals surface area contributed by atoms with E-state index in [1.165, 1.54) is 33.5 Å². The van der Waals surface area contributed by atoms with Gasteiger partial charge in [0.25, 0.3) is 5.91 Å². The number of hydrogen-bond donors (Lipinski definition) is 2. The summed E-state index contributed by atoms with van der Waals surface area (Å²) in [6.07, 6.45) is 4.13. The molecule has 1 aliphatic carbocycles. The van der Waals surface area contributed by atoms with Crippen LogP contribution in [0.4, 0.5) is 4.79 Å². The van der Waals surface area contributed by atoms with Gasteiger partial charge in [-0.25, -0.2) is 9.59 Å². The highest BCUT2D eigenvalue weighted by atomic mass is 16.5. The maximum absolute atomic E-state index is 12.4. The molecule has 0 aromatic heterocycles. The number of carbonyl (C=O) groups excluding carboxylic acids is 3. The first-order valence-electron chi connectivity index (χ1n) is 9.47. The summed E-state index contributed by atoms with van der Waals surface area (Å²) in [6, 6.07) is 2.33. The largest absolute Gasteiger partial charge is 0.496 e. The number of nitrogens with one attached hydrogen (secondary N) is 2. The van der Waals surface area contributed by atoms with E-state index in [0.717, 1.165) is 25.7 Å². The van der Waals surface area contributed by atoms with E-state index in [9.17, 15) is 14.4 Å². The van der Waals surface area contributed by atoms with Gasteiger partial charge < -0.3 is 24.3 Å². The van der Waals surface area contributed by atoms with Gasteiger partial charge in [0.1, 0.15) is 11.3 Å². The molecule has 29 heavy (non-hydrogen) atoms. The van der Waals surface area contributed by atoms with Crippen LogP contribution in [0.2, 0.25) is 0 Å². The fourth-order valence-electron chi connectivity index (χ4n) is 3.30. The number of amides is 3. The second kappa shape index (κ2) is 10.5. The monoisotopic (exact) mass is 408 g/mol. The number of carbonyl (C=O) groups is 3. The first-order valence-corrected chi connectivity index (χ1v) is 9.47. The van der Waals surface area contributed by atoms with Crippen molar-refractivity contribution in [1.29, 1.82) is 0 Å². The highest BCUT2D eigenvalue weighted by molar-refractivity contribution is 5.98. The lowest BCUT2D eigenvalue weighted by atomic mass is 9.86. The zero-order chi connectivity index (χ0) is 21.4. The standard InChI is InChI=1S/C20H28N2O7/c1-12-7-5-6-8-14(12)21-20(25)22-18(23)11-29-19(24)13-9-16(27-3)17(28-4)10-15(13)26-2/h9-10,12,14H,5-8,11H2,1-4H3,(H2,21,22,23,25)/t12-,14-/m0/s1. The highest BCUT2D eigenvalue weighted by Crippen LogP contribution is 2.34. The minimum absolute atomic E-state index is 0.0372. The molecular formula is C20H28N2O7. The third kappa shape index (κ3) is 6.00. The Balaban J connectivity index is 1.91. The van der Waals surface area contributed by atoms with Crippen LogP contribution < -0.4 is 24.8 Å². The third-order valence-electron chi connectivity index (χ3n) is 4.94. The molecule has 1 fully saturated rings. The van der Waals surface area contributed by atoms with Gasteiger partial charge in [-0.3, -0.25) is 10.1 Å². The van der Waals surface area contributed by atoms with Crippen LogP contribution in [0.15, 0.2) is 12.1 Å². The number of imide groups is 1. The average Bonchev–Trinajstić information content (AvgIpc) is 2.72. The Morgan fingerprint density at radius 3 is 2.21 bits per heavy atom. The van der Waals surface area contributed by atoms with E-state index in [-0.39, 0.29) is 17.4 Å². The topological polar surface area (TPSA) is 112 Å². The lowest BCUT2D eigenvalue weighted by molar-refractivity contribution is -0.123. The number of hydrogen-bond acceptors (Lipinski definition) is 7. The van der Waals surface area contributed by atoms with Crippen molar-refractivity contribution in [1.82, 2.24) is 10.6 Å². The van der Waals surface area contributed by atoms with Crippen molar-refractivity contribution in [3.63, 3.8) is 0 Å². The highest BCUT2D eigenvalue weighted by Gasteiger charge is 2.24. The lowest BCUT2D eigenvalue weighted by Gasteiger charge is -2.29. The Bertz CT molecular complexity index is 751. The summed E-state index contributed by atoms with van der Waals surface area (Å²) in [5.41, 5.74) is 0.0680. The Morgan fingerprint density at radius 1 is 0.966 bits per heavy atom. The molecule has 0 saturated heterocycles. The molecule has 1 saturated carbocycles. The molecule has 0 radical (unpaired) electrons. The number of urea groups is 1. The summed E-state index contributed by atoms with van der Waals surface area (Å²) < 4.78 is 20.5. The van der Waals surface area contributed by atoms with Gasteiger partial charge in [-0.05, 0) is 18.8 Å². The molecule has 1 aromatic rings. The van der Waals surface area contributed by atoms with Gasteiger partial charge in [0, 0.05) is 18.2 Å². The molecule has 0 bridgehead atoms. The molecule has 1 aliphatic rings. The van der Waals surface area contributed by atoms with Crippen molar-refractivity contribution in [3.8, 4) is 17.2 Å². The van der Waals surface area contributed by atoms with Gasteiger partial charge in [0.2, 0.25) is 0 Å². The molecule has 2 atom stereocenters. The van der Waals surface area contributed by atoms with E-state index >= 15 is 0 Å². The van der Waals surface area contributed by atoms with Crippen LogP contribution in [-0.4, -0.2) is 51.9 Å². The van der Waals surface area contributed by atoms with E-state index in [0.29, 0.717) is 17.4 Å². The SMILES string of the molecule is COc1cc(OC)c(C(=O)OCC(=O)NC(=O)N[C@H]2CCCC[C@@H]2C)cc1OC. The molecule has 2 rings (SSSR count). The second-order valence-corrected chi connectivity index (χ2v) is 6.87. The summed E-state index contributed by atoms with van der Waals surface area (Å²) in [4.78, 5) is 36.3. The molecule has 2 N–H and O–H groups in total. The van der Waals surface area contributed by atoms with E-state index in [1.807, 2.05) is 0 Å². The Kier molecular flexibility index (Phi) is 8.11. The quantitative estimate of drug-likeness (QED) is 0.666. The normalized spacial score (nSPS) is 18.3. The molecule has 1 aromatic carbocycles. The zero-order valence-electron chi connectivity index (χ0n) is 17.2. The van der Waals surface area contributed by atoms with E-state index in [2.05, 4.69) is 17.6 Å². The van der Waals surface area contributed by atoms with Crippen molar-refractivity contribution in [2.75, 3.05) is 27.9 Å². The summed E-state index contributed by atoms with van der Waals surface area (Å²) in [5.74, 6) is -0.256. The maximum atomic E-state index is 12.4. The minimum Gasteiger partial charge on any atom is -0.496 e. The van der Waals surface area contributed by atoms with Crippen LogP contribution in [-0.2, 0) is 9.53 Å². The summed E-state index contributed by atoms with van der Waals surface area (Å²) in [5, 5.41) is 4.98. The molecule has 0 spiro atoms. The van der Waals surface area contributed by atoms with Gasteiger partial charge in [-0.1, -0.05) is 19.8 Å². The van der Waals surface area contributed by atoms with Crippen molar-refractivity contribution < 1.29 is 33.3 Å². The average molecular weight is 408 g/mol. The Hall–Kier alpha value is -2.97. The van der Waals surface area contributed by atoms with Crippen LogP contribution >= 0.6 is 0 Å². The predicted molar refractivity (Wildman–Crippen MR) is 104 cm³/mol. The van der Waals surface area contributed by atoms with Gasteiger partial charge in [0.05, 0.1) is 21.3 Å². The van der Waals surface area contributed by atoms with Crippen LogP contribution in [0.5, 0.6) is 17.2 Å². The van der Waals surface area contributed by atoms with E-state index in [4.69, 9.17) is 18.9 Å². The molecular weight excluding hydrogens is 380 g/mol. The fourth-order valence-corrected chi connectivity index (χ4v) is 3.30. The lowest BCUT2D eigenvalue weighted by Crippen LogP contribution is -2.48. The van der Waals surface area contributed by atoms with Gasteiger partial charge in [0.15, 0.2) is 18.1 Å². The van der Waals surface area contributed by atoms with Crippen molar-refractivity contribution in [2.45, 2.75) is 38.6 Å². The van der Waals surface area contributed by atoms with Crippen LogP contribution in [0, 0.1) is 5.92 Å². The first kappa shape index (κ1) is 22.3. The summed E-state index contributed by atoms with van der Waals surface area (Å²) in [7, 11) is 4.28. The number of methoxy groups -OCH3 is 3. The molecule has 9 heteroatoms. The van der Waals surface area contributed by atoms with Crippen molar-refractivity contribution in [3.05, 3.63) is 17.7 Å².